The fourth-order valence-electron chi connectivity index (χ4n) is 1.61. The Morgan fingerprint density at radius 1 is 0.889 bits per heavy atom. The number of benzene rings is 2. The lowest BCUT2D eigenvalue weighted by Gasteiger charge is -2.03. The van der Waals surface area contributed by atoms with Gasteiger partial charge in [-0.05, 0) is 70.2 Å². The molecule has 2 rings (SSSR count). The highest BCUT2D eigenvalue weighted by molar-refractivity contribution is 14.1. The van der Waals surface area contributed by atoms with Crippen LogP contribution in [0.15, 0.2) is 48.5 Å². The largest absolute Gasteiger partial charge is 0.157 e. The summed E-state index contributed by atoms with van der Waals surface area (Å²) in [5.41, 5.74) is 2.76. The van der Waals surface area contributed by atoms with Gasteiger partial charge in [0.25, 0.3) is 0 Å². The van der Waals surface area contributed by atoms with Crippen molar-refractivity contribution in [1.29, 1.82) is 0 Å². The predicted molar refractivity (Wildman–Crippen MR) is 90.5 cm³/mol. The first-order valence-electron chi connectivity index (χ1n) is 5.81. The number of hydrogen-bond donors (Lipinski definition) is 0. The molecule has 0 radical (unpaired) electrons. The molecule has 0 fully saturated rings. The highest BCUT2D eigenvalue weighted by Gasteiger charge is 1.96. The van der Waals surface area contributed by atoms with Gasteiger partial charge in [-0.3, -0.25) is 0 Å². The lowest BCUT2D eigenvalue weighted by Crippen LogP contribution is -1.89. The van der Waals surface area contributed by atoms with Gasteiger partial charge in [0.2, 0.25) is 0 Å². The molecule has 18 heavy (non-hydrogen) atoms. The molecule has 2 aromatic rings. The van der Waals surface area contributed by atoms with Gasteiger partial charge in [-0.2, -0.15) is 11.8 Å². The fraction of sp³-hybridized carbons (Fsp3) is 0.200. The number of rotatable bonds is 5. The zero-order valence-corrected chi connectivity index (χ0v) is 13.6. The Hall–Kier alpha value is -0.190. The molecular formula is C15H14ClIS. The Morgan fingerprint density at radius 3 is 2.17 bits per heavy atom. The van der Waals surface area contributed by atoms with Crippen LogP contribution in [0.1, 0.15) is 11.1 Å². The molecule has 94 valence electrons. The van der Waals surface area contributed by atoms with Gasteiger partial charge in [0.05, 0.1) is 0 Å². The average Bonchev–Trinajstić information content (AvgIpc) is 2.39. The van der Waals surface area contributed by atoms with Crippen molar-refractivity contribution in [2.75, 3.05) is 5.75 Å². The normalized spacial score (nSPS) is 10.6. The van der Waals surface area contributed by atoms with E-state index >= 15 is 0 Å². The van der Waals surface area contributed by atoms with Crippen LogP contribution in [0, 0.1) is 3.57 Å². The third-order valence-electron chi connectivity index (χ3n) is 2.63. The smallest absolute Gasteiger partial charge is 0.0406 e. The van der Waals surface area contributed by atoms with Crippen LogP contribution in [-0.2, 0) is 12.2 Å². The number of hydrogen-bond acceptors (Lipinski definition) is 1. The predicted octanol–water partition coefficient (Wildman–Crippen LogP) is 5.42. The second-order valence-corrected chi connectivity index (χ2v) is 6.84. The Labute approximate surface area is 131 Å². The molecule has 0 nitrogen and oxygen atoms in total. The standard InChI is InChI=1S/C15H14ClIS/c16-14-5-1-13(2-6-14)11-18-10-9-12-3-7-15(17)8-4-12/h1-8H,9-11H2. The van der Waals surface area contributed by atoms with Gasteiger partial charge >= 0.3 is 0 Å². The summed E-state index contributed by atoms with van der Waals surface area (Å²) in [5.74, 6) is 2.21. The van der Waals surface area contributed by atoms with Crippen molar-refractivity contribution < 1.29 is 0 Å². The van der Waals surface area contributed by atoms with Crippen LogP contribution in [0.5, 0.6) is 0 Å². The maximum Gasteiger partial charge on any atom is 0.0406 e. The Bertz CT molecular complexity index is 431. The van der Waals surface area contributed by atoms with Gasteiger partial charge in [0.15, 0.2) is 0 Å². The van der Waals surface area contributed by atoms with Gasteiger partial charge in [0.1, 0.15) is 0 Å². The van der Waals surface area contributed by atoms with Crippen molar-refractivity contribution >= 4 is 46.0 Å². The first-order chi connectivity index (χ1) is 8.74. The zero-order chi connectivity index (χ0) is 12.8. The molecule has 0 unspecified atom stereocenters. The van der Waals surface area contributed by atoms with E-state index in [0.29, 0.717) is 0 Å². The van der Waals surface area contributed by atoms with E-state index in [-0.39, 0.29) is 0 Å². The monoisotopic (exact) mass is 388 g/mol. The third-order valence-corrected chi connectivity index (χ3v) is 4.63. The molecule has 0 aliphatic rings. The lowest BCUT2D eigenvalue weighted by molar-refractivity contribution is 1.15. The Kier molecular flexibility index (Phi) is 5.86. The minimum absolute atomic E-state index is 0.808. The van der Waals surface area contributed by atoms with Crippen LogP contribution in [0.2, 0.25) is 5.02 Å². The summed E-state index contributed by atoms with van der Waals surface area (Å²) in [5, 5.41) is 0.808. The van der Waals surface area contributed by atoms with Crippen molar-refractivity contribution in [1.82, 2.24) is 0 Å². The summed E-state index contributed by atoms with van der Waals surface area (Å²) in [6, 6.07) is 16.9. The molecule has 0 aromatic heterocycles. The van der Waals surface area contributed by atoms with Gasteiger partial charge in [-0.25, -0.2) is 0 Å². The van der Waals surface area contributed by atoms with Gasteiger partial charge in [0, 0.05) is 14.3 Å². The number of thioether (sulfide) groups is 1. The molecule has 0 bridgehead atoms. The second-order valence-electron chi connectivity index (χ2n) is 4.06. The zero-order valence-electron chi connectivity index (χ0n) is 9.90. The summed E-state index contributed by atoms with van der Waals surface area (Å²) in [6.45, 7) is 0. The molecule has 0 spiro atoms. The maximum absolute atomic E-state index is 5.86. The van der Waals surface area contributed by atoms with Gasteiger partial charge < -0.3 is 0 Å². The van der Waals surface area contributed by atoms with E-state index in [1.807, 2.05) is 23.9 Å². The van der Waals surface area contributed by atoms with Gasteiger partial charge in [-0.15, -0.1) is 0 Å². The van der Waals surface area contributed by atoms with E-state index in [1.54, 1.807) is 0 Å². The minimum atomic E-state index is 0.808. The van der Waals surface area contributed by atoms with E-state index in [2.05, 4.69) is 59.0 Å². The molecule has 0 saturated heterocycles. The Morgan fingerprint density at radius 2 is 1.50 bits per heavy atom. The molecule has 0 N–H and O–H groups in total. The molecule has 0 heterocycles. The fourth-order valence-corrected chi connectivity index (χ4v) is 3.05. The van der Waals surface area contributed by atoms with Crippen molar-refractivity contribution in [3.05, 3.63) is 68.3 Å². The van der Waals surface area contributed by atoms with Crippen LogP contribution < -0.4 is 0 Å². The maximum atomic E-state index is 5.86. The molecular weight excluding hydrogens is 375 g/mol. The van der Waals surface area contributed by atoms with E-state index in [4.69, 9.17) is 11.6 Å². The highest BCUT2D eigenvalue weighted by atomic mass is 127. The first-order valence-corrected chi connectivity index (χ1v) is 8.42. The molecule has 3 heteroatoms. The van der Waals surface area contributed by atoms with Crippen LogP contribution in [0.4, 0.5) is 0 Å². The van der Waals surface area contributed by atoms with Crippen LogP contribution >= 0.6 is 46.0 Å². The van der Waals surface area contributed by atoms with Crippen LogP contribution in [0.25, 0.3) is 0 Å². The van der Waals surface area contributed by atoms with Crippen molar-refractivity contribution in [2.24, 2.45) is 0 Å². The van der Waals surface area contributed by atoms with Crippen molar-refractivity contribution in [3.63, 3.8) is 0 Å². The highest BCUT2D eigenvalue weighted by Crippen LogP contribution is 2.17. The lowest BCUT2D eigenvalue weighted by atomic mass is 10.2. The van der Waals surface area contributed by atoms with E-state index in [9.17, 15) is 0 Å². The number of halogens is 2. The molecule has 0 aliphatic carbocycles. The van der Waals surface area contributed by atoms with Crippen LogP contribution in [-0.4, -0.2) is 5.75 Å². The summed E-state index contributed by atoms with van der Waals surface area (Å²) in [4.78, 5) is 0. The SMILES string of the molecule is Clc1ccc(CSCCc2ccc(I)cc2)cc1. The molecule has 0 amide bonds. The van der Waals surface area contributed by atoms with Gasteiger partial charge in [-0.1, -0.05) is 35.9 Å². The van der Waals surface area contributed by atoms with E-state index in [0.717, 1.165) is 22.9 Å². The molecule has 2 aromatic carbocycles. The molecule has 0 aliphatic heterocycles. The summed E-state index contributed by atoms with van der Waals surface area (Å²) >= 11 is 10.2. The molecule has 0 saturated carbocycles. The molecule has 0 atom stereocenters. The van der Waals surface area contributed by atoms with Crippen LogP contribution in [0.3, 0.4) is 0 Å². The average molecular weight is 389 g/mol. The summed E-state index contributed by atoms with van der Waals surface area (Å²) < 4.78 is 1.30. The summed E-state index contributed by atoms with van der Waals surface area (Å²) in [7, 11) is 0. The van der Waals surface area contributed by atoms with Crippen molar-refractivity contribution in [3.8, 4) is 0 Å². The first kappa shape index (κ1) is 14.2. The Balaban J connectivity index is 1.73. The number of aryl methyl sites for hydroxylation is 1. The quantitative estimate of drug-likeness (QED) is 0.487. The second kappa shape index (κ2) is 7.41. The van der Waals surface area contributed by atoms with E-state index < -0.39 is 0 Å². The van der Waals surface area contributed by atoms with Crippen molar-refractivity contribution in [2.45, 2.75) is 12.2 Å². The minimum Gasteiger partial charge on any atom is -0.157 e. The third kappa shape index (κ3) is 4.82. The van der Waals surface area contributed by atoms with E-state index in [1.165, 1.54) is 14.7 Å². The topological polar surface area (TPSA) is 0 Å². The summed E-state index contributed by atoms with van der Waals surface area (Å²) in [6.07, 6.45) is 1.13.